The topological polar surface area (TPSA) is 12.4 Å². The molecule has 5 rings (SSSR count). The molecule has 0 bridgehead atoms. The van der Waals surface area contributed by atoms with Crippen LogP contribution in [0, 0.1) is 6.07 Å². The summed E-state index contributed by atoms with van der Waals surface area (Å²) in [6.07, 6.45) is 1.05. The van der Waals surface area contributed by atoms with Gasteiger partial charge in [0, 0.05) is 0 Å². The maximum atomic E-state index is 4.06. The van der Waals surface area contributed by atoms with Gasteiger partial charge in [0.1, 0.15) is 0 Å². The van der Waals surface area contributed by atoms with Crippen LogP contribution in [-0.2, 0) is 31.0 Å². The van der Waals surface area contributed by atoms with E-state index < -0.39 is 0 Å². The van der Waals surface area contributed by atoms with E-state index in [0.29, 0.717) is 0 Å². The largest absolute Gasteiger partial charge is 0.214 e. The van der Waals surface area contributed by atoms with E-state index in [1.807, 2.05) is 66.7 Å². The van der Waals surface area contributed by atoms with Crippen LogP contribution in [-0.4, -0.2) is 0 Å². The molecule has 4 aromatic rings. The summed E-state index contributed by atoms with van der Waals surface area (Å²) in [4.78, 5) is 0. The molecule has 0 atom stereocenters. The fourth-order valence-corrected chi connectivity index (χ4v) is 3.19. The molecule has 28 heavy (non-hydrogen) atoms. The fraction of sp³-hybridized carbons (Fsp3) is 0.0417. The average Bonchev–Trinajstić information content (AvgIpc) is 3.40. The number of hydrogen-bond donors (Lipinski definition) is 0. The summed E-state index contributed by atoms with van der Waals surface area (Å²) in [5.41, 5.74) is 6.59. The zero-order chi connectivity index (χ0) is 18.0. The molecule has 0 amide bonds. The van der Waals surface area contributed by atoms with E-state index in [9.17, 15) is 0 Å². The molecule has 1 nitrogen and oxygen atoms in total. The summed E-state index contributed by atoms with van der Waals surface area (Å²) in [6, 6.07) is 38.1. The van der Waals surface area contributed by atoms with Gasteiger partial charge < -0.3 is 24.8 Å². The monoisotopic (exact) mass is 481 g/mol. The molecule has 0 saturated carbocycles. The fourth-order valence-electron chi connectivity index (χ4n) is 2.82. The second-order valence-electron chi connectivity index (χ2n) is 5.81. The third kappa shape index (κ3) is 7.02. The number of rotatable bonds is 1. The summed E-state index contributed by atoms with van der Waals surface area (Å²) in [7, 11) is 0. The molecule has 0 radical (unpaired) electrons. The van der Waals surface area contributed by atoms with Gasteiger partial charge in [-0.2, -0.15) is 48.0 Å². The van der Waals surface area contributed by atoms with Crippen molar-refractivity contribution < 1.29 is 49.4 Å². The SMILES string of the molecule is [Cl-].[Cl-].[Zr+2]=[N]c1ccccc1.[c-]1cccc2c1Cc1ccccc1-2.c1cc[cH-]c1. The minimum absolute atomic E-state index is 0. The number of nitrogens with zero attached hydrogens (tertiary/aromatic N) is 1. The first-order chi connectivity index (χ1) is 12.9. The Morgan fingerprint density at radius 2 is 1.39 bits per heavy atom. The Morgan fingerprint density at radius 1 is 0.750 bits per heavy atom. The Bertz CT molecular complexity index is 877. The smallest absolute Gasteiger partial charge is 0.0253 e. The summed E-state index contributed by atoms with van der Waals surface area (Å²) >= 11 is 1.21. The zero-order valence-electron chi connectivity index (χ0n) is 15.2. The normalized spacial score (nSPS) is 9.64. The van der Waals surface area contributed by atoms with Crippen molar-refractivity contribution in [2.75, 3.05) is 0 Å². The maximum Gasteiger partial charge on any atom is -0.0253 e. The van der Waals surface area contributed by atoms with E-state index in [1.165, 1.54) is 46.8 Å². The molecule has 140 valence electrons. The van der Waals surface area contributed by atoms with Crippen molar-refractivity contribution in [3.05, 3.63) is 120 Å². The standard InChI is InChI=1S/C13H9.C6H5N.C5H5.2ClH.Zr/c1-3-7-12-10(5-1)9-11-6-2-4-8-13(11)12;7-6-4-2-1-3-5-6;1-2-4-5-3-1;;;/h1-5,7-8H,9H2;1-5H;1-5H;2*1H;/q-1;;-1;;;+2/p-2. The minimum atomic E-state index is 0. The number of benzene rings is 3. The van der Waals surface area contributed by atoms with Gasteiger partial charge in [-0.3, -0.25) is 0 Å². The molecular formula is C24H19Cl2NZr-2. The van der Waals surface area contributed by atoms with Crippen molar-refractivity contribution in [2.45, 2.75) is 6.42 Å². The van der Waals surface area contributed by atoms with Gasteiger partial charge in [-0.25, -0.2) is 12.1 Å². The van der Waals surface area contributed by atoms with Crippen LogP contribution in [0.1, 0.15) is 11.1 Å². The Hall–Kier alpha value is -1.73. The van der Waals surface area contributed by atoms with E-state index in [-0.39, 0.29) is 24.8 Å². The molecule has 0 heterocycles. The van der Waals surface area contributed by atoms with Crippen molar-refractivity contribution in [3.8, 4) is 11.1 Å². The van der Waals surface area contributed by atoms with E-state index in [1.54, 1.807) is 0 Å². The molecule has 0 spiro atoms. The van der Waals surface area contributed by atoms with Crippen LogP contribution in [0.5, 0.6) is 0 Å². The van der Waals surface area contributed by atoms with Gasteiger partial charge in [0.2, 0.25) is 0 Å². The van der Waals surface area contributed by atoms with Crippen LogP contribution < -0.4 is 24.8 Å². The molecule has 0 unspecified atom stereocenters. The van der Waals surface area contributed by atoms with Crippen LogP contribution in [0.3, 0.4) is 0 Å². The first-order valence-electron chi connectivity index (χ1n) is 8.55. The van der Waals surface area contributed by atoms with Crippen molar-refractivity contribution in [1.29, 1.82) is 0 Å². The van der Waals surface area contributed by atoms with Crippen LogP contribution in [0.2, 0.25) is 0 Å². The first kappa shape index (κ1) is 24.3. The zero-order valence-corrected chi connectivity index (χ0v) is 19.2. The predicted molar refractivity (Wildman–Crippen MR) is 104 cm³/mol. The molecule has 4 heteroatoms. The van der Waals surface area contributed by atoms with E-state index in [4.69, 9.17) is 0 Å². The molecular weight excluding hydrogens is 464 g/mol. The molecule has 0 aliphatic heterocycles. The second-order valence-corrected chi connectivity index (χ2v) is 6.36. The van der Waals surface area contributed by atoms with Gasteiger partial charge in [0.05, 0.1) is 0 Å². The van der Waals surface area contributed by atoms with Crippen molar-refractivity contribution in [3.63, 3.8) is 0 Å². The third-order valence-electron chi connectivity index (χ3n) is 4.06. The van der Waals surface area contributed by atoms with Crippen molar-refractivity contribution >= 4 is 5.69 Å². The maximum absolute atomic E-state index is 4.06. The number of fused-ring (bicyclic) bond motifs is 3. The molecule has 0 fully saturated rings. The second kappa shape index (κ2) is 13.5. The van der Waals surface area contributed by atoms with Gasteiger partial charge in [0.15, 0.2) is 0 Å². The van der Waals surface area contributed by atoms with Gasteiger partial charge in [0.25, 0.3) is 0 Å². The van der Waals surface area contributed by atoms with Crippen molar-refractivity contribution in [1.82, 2.24) is 0 Å². The van der Waals surface area contributed by atoms with E-state index in [2.05, 4.69) is 45.3 Å². The van der Waals surface area contributed by atoms with Gasteiger partial charge in [-0.15, -0.1) is 5.56 Å². The Labute approximate surface area is 194 Å². The summed E-state index contributed by atoms with van der Waals surface area (Å²) in [5, 5.41) is 0. The molecule has 1 aliphatic rings. The molecule has 1 aliphatic carbocycles. The van der Waals surface area contributed by atoms with Crippen LogP contribution in [0.4, 0.5) is 5.69 Å². The quantitative estimate of drug-likeness (QED) is 0.309. The van der Waals surface area contributed by atoms with Crippen molar-refractivity contribution in [2.24, 2.45) is 2.87 Å². The predicted octanol–water partition coefficient (Wildman–Crippen LogP) is 0.520. The van der Waals surface area contributed by atoms with Gasteiger partial charge in [-0.1, -0.05) is 35.4 Å². The van der Waals surface area contributed by atoms with E-state index in [0.717, 1.165) is 12.1 Å². The summed E-state index contributed by atoms with van der Waals surface area (Å²) < 4.78 is 4.06. The Morgan fingerprint density at radius 3 is 2.00 bits per heavy atom. The van der Waals surface area contributed by atoms with E-state index >= 15 is 0 Å². The number of halogens is 2. The van der Waals surface area contributed by atoms with Crippen LogP contribution in [0.15, 0.2) is 106 Å². The Balaban J connectivity index is 0.000000226. The summed E-state index contributed by atoms with van der Waals surface area (Å²) in [6.45, 7) is 0. The van der Waals surface area contributed by atoms with Gasteiger partial charge >= 0.3 is 63.4 Å². The minimum Gasteiger partial charge on any atom is -0.214 e. The Kier molecular flexibility index (Phi) is 11.7. The first-order valence-corrected chi connectivity index (χ1v) is 9.65. The molecule has 0 N–H and O–H groups in total. The molecule has 0 saturated heterocycles. The van der Waals surface area contributed by atoms with Crippen LogP contribution >= 0.6 is 0 Å². The molecule has 0 aromatic heterocycles. The average molecular weight is 484 g/mol. The molecule has 4 aromatic carbocycles. The third-order valence-corrected chi connectivity index (χ3v) is 4.69. The number of hydrogen-bond acceptors (Lipinski definition) is 1. The van der Waals surface area contributed by atoms with Gasteiger partial charge in [-0.05, 0) is 6.42 Å². The van der Waals surface area contributed by atoms with Crippen LogP contribution in [0.25, 0.3) is 11.1 Å². The summed E-state index contributed by atoms with van der Waals surface area (Å²) in [5.74, 6) is 0.